The molecule has 1 aliphatic heterocycles. The zero-order valence-corrected chi connectivity index (χ0v) is 16.1. The standard InChI is InChI=1S/C20H22N6O3/c1-15(20-22-18(23-29-20)13-16-5-3-2-4-6-16)24-9-11-25(12-10-24)19-8-7-17(14-21-19)26(27)28/h2-8,14-15H,9-13H2,1H3/t15-/m0/s1. The SMILES string of the molecule is C[C@@H](c1nc(Cc2ccccc2)no1)N1CCN(c2ccc([N+](=O)[O-])cn2)CC1. The number of piperazine rings is 1. The summed E-state index contributed by atoms with van der Waals surface area (Å²) in [6.45, 7) is 5.26. The molecule has 150 valence electrons. The number of anilines is 1. The van der Waals surface area contributed by atoms with E-state index in [0.717, 1.165) is 37.6 Å². The predicted molar refractivity (Wildman–Crippen MR) is 107 cm³/mol. The first-order chi connectivity index (χ1) is 14.1. The maximum atomic E-state index is 10.8. The third kappa shape index (κ3) is 4.40. The molecular weight excluding hydrogens is 372 g/mol. The molecule has 1 aromatic carbocycles. The maximum absolute atomic E-state index is 10.8. The summed E-state index contributed by atoms with van der Waals surface area (Å²) in [5, 5.41) is 14.9. The van der Waals surface area contributed by atoms with Crippen LogP contribution in [0.4, 0.5) is 11.5 Å². The molecule has 2 aromatic heterocycles. The fourth-order valence-electron chi connectivity index (χ4n) is 3.46. The smallest absolute Gasteiger partial charge is 0.287 e. The van der Waals surface area contributed by atoms with E-state index in [4.69, 9.17) is 4.52 Å². The normalized spacial score (nSPS) is 16.0. The number of aromatic nitrogens is 3. The Balaban J connectivity index is 1.34. The molecule has 3 heterocycles. The zero-order valence-electron chi connectivity index (χ0n) is 16.1. The number of pyridine rings is 1. The average molecular weight is 394 g/mol. The Bertz CT molecular complexity index is 952. The molecule has 0 bridgehead atoms. The van der Waals surface area contributed by atoms with Gasteiger partial charge in [0, 0.05) is 38.7 Å². The Morgan fingerprint density at radius 3 is 2.55 bits per heavy atom. The van der Waals surface area contributed by atoms with Crippen LogP contribution in [0.5, 0.6) is 0 Å². The molecule has 0 spiro atoms. The average Bonchev–Trinajstić information content (AvgIpc) is 3.22. The minimum absolute atomic E-state index is 0.00343. The minimum atomic E-state index is -0.438. The van der Waals surface area contributed by atoms with Gasteiger partial charge in [-0.05, 0) is 18.6 Å². The third-order valence-corrected chi connectivity index (χ3v) is 5.18. The van der Waals surface area contributed by atoms with E-state index in [2.05, 4.69) is 31.8 Å². The van der Waals surface area contributed by atoms with Crippen LogP contribution in [-0.4, -0.2) is 51.1 Å². The lowest BCUT2D eigenvalue weighted by atomic mass is 10.1. The summed E-state index contributed by atoms with van der Waals surface area (Å²) in [7, 11) is 0. The monoisotopic (exact) mass is 394 g/mol. The quantitative estimate of drug-likeness (QED) is 0.465. The Hall–Kier alpha value is -3.33. The van der Waals surface area contributed by atoms with E-state index in [9.17, 15) is 10.1 Å². The molecule has 1 aliphatic rings. The van der Waals surface area contributed by atoms with Crippen LogP contribution in [0.3, 0.4) is 0 Å². The van der Waals surface area contributed by atoms with Crippen molar-refractivity contribution in [1.29, 1.82) is 0 Å². The number of nitro groups is 1. The van der Waals surface area contributed by atoms with Gasteiger partial charge in [-0.3, -0.25) is 15.0 Å². The first kappa shape index (κ1) is 19.0. The lowest BCUT2D eigenvalue weighted by molar-refractivity contribution is -0.385. The molecule has 0 aliphatic carbocycles. The molecule has 0 N–H and O–H groups in total. The topological polar surface area (TPSA) is 101 Å². The molecule has 0 radical (unpaired) electrons. The summed E-state index contributed by atoms with van der Waals surface area (Å²) in [6, 6.07) is 13.3. The van der Waals surface area contributed by atoms with E-state index >= 15 is 0 Å². The Morgan fingerprint density at radius 2 is 1.90 bits per heavy atom. The highest BCUT2D eigenvalue weighted by Crippen LogP contribution is 2.23. The van der Waals surface area contributed by atoms with Crippen molar-refractivity contribution in [2.75, 3.05) is 31.1 Å². The van der Waals surface area contributed by atoms with E-state index in [1.807, 2.05) is 30.3 Å². The number of rotatable bonds is 6. The van der Waals surface area contributed by atoms with E-state index in [1.54, 1.807) is 6.07 Å². The van der Waals surface area contributed by atoms with Gasteiger partial charge in [0.1, 0.15) is 12.0 Å². The zero-order chi connectivity index (χ0) is 20.2. The van der Waals surface area contributed by atoms with Crippen LogP contribution in [-0.2, 0) is 6.42 Å². The molecule has 1 atom stereocenters. The maximum Gasteiger partial charge on any atom is 0.287 e. The number of benzene rings is 1. The van der Waals surface area contributed by atoms with Crippen molar-refractivity contribution in [3.8, 4) is 0 Å². The van der Waals surface area contributed by atoms with Gasteiger partial charge in [-0.2, -0.15) is 4.98 Å². The van der Waals surface area contributed by atoms with Crippen LogP contribution in [0.15, 0.2) is 53.2 Å². The fourth-order valence-corrected chi connectivity index (χ4v) is 3.46. The Kier molecular flexibility index (Phi) is 5.48. The van der Waals surface area contributed by atoms with Gasteiger partial charge in [-0.15, -0.1) is 0 Å². The van der Waals surface area contributed by atoms with Gasteiger partial charge in [0.25, 0.3) is 5.69 Å². The first-order valence-electron chi connectivity index (χ1n) is 9.56. The van der Waals surface area contributed by atoms with Crippen molar-refractivity contribution in [1.82, 2.24) is 20.0 Å². The van der Waals surface area contributed by atoms with Gasteiger partial charge in [0.05, 0.1) is 11.0 Å². The number of hydrogen-bond donors (Lipinski definition) is 0. The second-order valence-electron chi connectivity index (χ2n) is 7.04. The van der Waals surface area contributed by atoms with Gasteiger partial charge < -0.3 is 9.42 Å². The Morgan fingerprint density at radius 1 is 1.14 bits per heavy atom. The van der Waals surface area contributed by atoms with Crippen molar-refractivity contribution in [3.05, 3.63) is 76.1 Å². The lowest BCUT2D eigenvalue weighted by Crippen LogP contribution is -2.47. The summed E-state index contributed by atoms with van der Waals surface area (Å²) in [6.07, 6.45) is 1.95. The van der Waals surface area contributed by atoms with Crippen LogP contribution >= 0.6 is 0 Å². The van der Waals surface area contributed by atoms with Gasteiger partial charge in [-0.1, -0.05) is 35.5 Å². The van der Waals surface area contributed by atoms with Crippen molar-refractivity contribution in [2.45, 2.75) is 19.4 Å². The molecule has 1 saturated heterocycles. The van der Waals surface area contributed by atoms with Gasteiger partial charge in [-0.25, -0.2) is 4.98 Å². The van der Waals surface area contributed by atoms with Gasteiger partial charge >= 0.3 is 0 Å². The van der Waals surface area contributed by atoms with E-state index in [0.29, 0.717) is 18.1 Å². The number of hydrogen-bond acceptors (Lipinski definition) is 8. The van der Waals surface area contributed by atoms with E-state index in [1.165, 1.54) is 12.3 Å². The lowest BCUT2D eigenvalue weighted by Gasteiger charge is -2.37. The first-order valence-corrected chi connectivity index (χ1v) is 9.56. The van der Waals surface area contributed by atoms with Crippen LogP contribution in [0.1, 0.15) is 30.2 Å². The highest BCUT2D eigenvalue weighted by molar-refractivity contribution is 5.43. The summed E-state index contributed by atoms with van der Waals surface area (Å²) >= 11 is 0. The van der Waals surface area contributed by atoms with Gasteiger partial charge in [0.2, 0.25) is 5.89 Å². The molecule has 0 amide bonds. The molecule has 9 heteroatoms. The van der Waals surface area contributed by atoms with Crippen LogP contribution < -0.4 is 4.90 Å². The van der Waals surface area contributed by atoms with Crippen LogP contribution in [0, 0.1) is 10.1 Å². The predicted octanol–water partition coefficient (Wildman–Crippen LogP) is 2.85. The summed E-state index contributed by atoms with van der Waals surface area (Å²) in [5.74, 6) is 2.07. The highest BCUT2D eigenvalue weighted by atomic mass is 16.6. The third-order valence-electron chi connectivity index (χ3n) is 5.18. The van der Waals surface area contributed by atoms with E-state index in [-0.39, 0.29) is 11.7 Å². The molecule has 4 rings (SSSR count). The molecular formula is C20H22N6O3. The minimum Gasteiger partial charge on any atom is -0.354 e. The molecule has 1 fully saturated rings. The van der Waals surface area contributed by atoms with Crippen molar-refractivity contribution in [3.63, 3.8) is 0 Å². The Labute approximate surface area is 168 Å². The fraction of sp³-hybridized carbons (Fsp3) is 0.350. The van der Waals surface area contributed by atoms with E-state index < -0.39 is 4.92 Å². The molecule has 0 saturated carbocycles. The molecule has 3 aromatic rings. The number of nitrogens with zero attached hydrogens (tertiary/aromatic N) is 6. The van der Waals surface area contributed by atoms with Crippen molar-refractivity contribution in [2.24, 2.45) is 0 Å². The largest absolute Gasteiger partial charge is 0.354 e. The van der Waals surface area contributed by atoms with Gasteiger partial charge in [0.15, 0.2) is 5.82 Å². The summed E-state index contributed by atoms with van der Waals surface area (Å²) in [5.41, 5.74) is 1.15. The molecule has 0 unspecified atom stereocenters. The second kappa shape index (κ2) is 8.36. The van der Waals surface area contributed by atoms with Crippen LogP contribution in [0.25, 0.3) is 0 Å². The van der Waals surface area contributed by atoms with Crippen LogP contribution in [0.2, 0.25) is 0 Å². The molecule has 29 heavy (non-hydrogen) atoms. The second-order valence-corrected chi connectivity index (χ2v) is 7.04. The van der Waals surface area contributed by atoms with Crippen molar-refractivity contribution >= 4 is 11.5 Å². The highest BCUT2D eigenvalue weighted by Gasteiger charge is 2.26. The molecule has 9 nitrogen and oxygen atoms in total. The summed E-state index contributed by atoms with van der Waals surface area (Å²) in [4.78, 5) is 23.5. The summed E-state index contributed by atoms with van der Waals surface area (Å²) < 4.78 is 5.51. The van der Waals surface area contributed by atoms with Crippen molar-refractivity contribution < 1.29 is 9.45 Å².